The quantitative estimate of drug-likeness (QED) is 0.135. The van der Waals surface area contributed by atoms with Crippen LogP contribution in [0, 0.1) is 25.9 Å². The molecule has 7 rings (SSSR count). The van der Waals surface area contributed by atoms with Crippen molar-refractivity contribution in [2.24, 2.45) is 0 Å². The Morgan fingerprint density at radius 2 is 1.44 bits per heavy atom. The average Bonchev–Trinajstić information content (AvgIpc) is 3.05. The third-order valence-electron chi connectivity index (χ3n) is 6.80. The largest absolute Gasteiger partial charge is 0.304 e. The summed E-state index contributed by atoms with van der Waals surface area (Å²) < 4.78 is 21.7. The van der Waals surface area contributed by atoms with Crippen molar-refractivity contribution in [1.82, 2.24) is 9.97 Å². The molecule has 0 aliphatic heterocycles. The van der Waals surface area contributed by atoms with Crippen LogP contribution in [0.15, 0.2) is 134 Å². The molecule has 3 heteroatoms. The van der Waals surface area contributed by atoms with E-state index >= 15 is 0 Å². The van der Waals surface area contributed by atoms with Crippen LogP contribution in [0.5, 0.6) is 0 Å². The van der Waals surface area contributed by atoms with E-state index in [0.29, 0.717) is 0 Å². The Morgan fingerprint density at radius 1 is 0.659 bits per heavy atom. The van der Waals surface area contributed by atoms with Gasteiger partial charge in [0.05, 0.1) is 0 Å². The number of benzene rings is 5. The van der Waals surface area contributed by atoms with E-state index in [1.54, 1.807) is 18.2 Å². The molecule has 0 unspecified atom stereocenters. The van der Waals surface area contributed by atoms with Gasteiger partial charge in [0, 0.05) is 36.1 Å². The summed E-state index contributed by atoms with van der Waals surface area (Å²) in [6.07, 6.45) is 1.39. The van der Waals surface area contributed by atoms with Crippen LogP contribution in [0.1, 0.15) is 15.4 Å². The zero-order valence-electron chi connectivity index (χ0n) is 25.4. The van der Waals surface area contributed by atoms with Crippen molar-refractivity contribution in [3.63, 3.8) is 0 Å². The Bertz CT molecular complexity index is 2000. The number of aromatic nitrogens is 2. The predicted octanol–water partition coefficient (Wildman–Crippen LogP) is 9.69. The van der Waals surface area contributed by atoms with Gasteiger partial charge in [0.15, 0.2) is 0 Å². The molecular weight excluding hydrogens is 677 g/mol. The number of nitrogens with zero attached hydrogens (tertiary/aromatic N) is 2. The molecule has 0 saturated carbocycles. The second-order valence-electron chi connectivity index (χ2n) is 9.55. The van der Waals surface area contributed by atoms with Crippen LogP contribution in [-0.2, 0) is 20.1 Å². The molecule has 1 radical (unpaired) electrons. The van der Waals surface area contributed by atoms with Gasteiger partial charge in [-0.25, -0.2) is 0 Å². The molecule has 0 bridgehead atoms. The van der Waals surface area contributed by atoms with Gasteiger partial charge in [0.1, 0.15) is 0 Å². The van der Waals surface area contributed by atoms with Crippen LogP contribution in [0.3, 0.4) is 0 Å². The minimum Gasteiger partial charge on any atom is -0.304 e. The Kier molecular flexibility index (Phi) is 7.62. The number of rotatable bonds is 3. The maximum atomic E-state index is 7.23. The molecule has 2 aromatic heterocycles. The smallest absolute Gasteiger partial charge is 0.0280 e. The van der Waals surface area contributed by atoms with Crippen LogP contribution >= 0.6 is 0 Å². The molecule has 7 aromatic rings. The second-order valence-corrected chi connectivity index (χ2v) is 9.55. The topological polar surface area (TPSA) is 25.8 Å². The molecule has 5 aromatic carbocycles. The first-order valence-corrected chi connectivity index (χ1v) is 13.2. The van der Waals surface area contributed by atoms with Crippen molar-refractivity contribution < 1.29 is 24.2 Å². The molecule has 0 amide bonds. The summed E-state index contributed by atoms with van der Waals surface area (Å²) in [6, 6.07) is 49.1. The van der Waals surface area contributed by atoms with Crippen LogP contribution in [-0.4, -0.2) is 9.97 Å². The Hall–Kier alpha value is -4.43. The summed E-state index contributed by atoms with van der Waals surface area (Å²) in [6.45, 7) is -0.0784. The number of hydrogen-bond donors (Lipinski definition) is 0. The van der Waals surface area contributed by atoms with Gasteiger partial charge in [-0.1, -0.05) is 90.0 Å². The number of pyridine rings is 2. The summed E-state index contributed by atoms with van der Waals surface area (Å²) >= 11 is 0. The number of aryl methyl sites for hydroxylation is 2. The van der Waals surface area contributed by atoms with Crippen molar-refractivity contribution in [3.05, 3.63) is 157 Å². The molecular formula is C38H28IrN2-2. The van der Waals surface area contributed by atoms with Crippen molar-refractivity contribution in [2.75, 3.05) is 0 Å². The maximum Gasteiger partial charge on any atom is 0.0280 e. The SMILES string of the molecule is Cc1cccc(-c2[c-]cc(-c3cc4ccccc4c4ccccc34)cc2)n1.[2H]C([2H])([2H])c1ccc(-c2[c-]cccc2)nc1.[Ir]. The van der Waals surface area contributed by atoms with Crippen molar-refractivity contribution in [2.45, 2.75) is 13.8 Å². The van der Waals surface area contributed by atoms with E-state index in [1.807, 2.05) is 43.3 Å². The van der Waals surface area contributed by atoms with Crippen molar-refractivity contribution in [1.29, 1.82) is 0 Å². The first-order chi connectivity index (χ1) is 20.9. The Labute approximate surface area is 259 Å². The molecule has 2 heterocycles. The second kappa shape index (κ2) is 12.8. The zero-order valence-corrected chi connectivity index (χ0v) is 24.8. The molecule has 2 nitrogen and oxygen atoms in total. The summed E-state index contributed by atoms with van der Waals surface area (Å²) in [5, 5.41) is 5.11. The van der Waals surface area contributed by atoms with E-state index in [9.17, 15) is 0 Å². The predicted molar refractivity (Wildman–Crippen MR) is 167 cm³/mol. The van der Waals surface area contributed by atoms with Crippen molar-refractivity contribution >= 4 is 21.5 Å². The molecule has 0 aliphatic carbocycles. The Balaban J connectivity index is 0.000000194. The van der Waals surface area contributed by atoms with E-state index in [2.05, 4.69) is 94.9 Å². The summed E-state index contributed by atoms with van der Waals surface area (Å²) in [5.41, 5.74) is 7.26. The molecule has 0 aliphatic rings. The molecule has 0 saturated heterocycles. The van der Waals surface area contributed by atoms with E-state index in [-0.39, 0.29) is 25.7 Å². The van der Waals surface area contributed by atoms with Gasteiger partial charge in [0.25, 0.3) is 0 Å². The first kappa shape index (κ1) is 24.4. The van der Waals surface area contributed by atoms with Crippen molar-refractivity contribution in [3.8, 4) is 33.6 Å². The zero-order chi connectivity index (χ0) is 29.8. The fourth-order valence-corrected chi connectivity index (χ4v) is 4.84. The van der Waals surface area contributed by atoms with Gasteiger partial charge >= 0.3 is 0 Å². The third kappa shape index (κ3) is 6.33. The minimum atomic E-state index is -2.09. The molecule has 0 N–H and O–H groups in total. The van der Waals surface area contributed by atoms with Crippen LogP contribution < -0.4 is 0 Å². The van der Waals surface area contributed by atoms with E-state index in [4.69, 9.17) is 4.11 Å². The molecule has 41 heavy (non-hydrogen) atoms. The summed E-state index contributed by atoms with van der Waals surface area (Å²) in [4.78, 5) is 8.73. The van der Waals surface area contributed by atoms with E-state index in [1.165, 1.54) is 38.9 Å². The number of fused-ring (bicyclic) bond motifs is 3. The summed E-state index contributed by atoms with van der Waals surface area (Å²) in [7, 11) is 0. The van der Waals surface area contributed by atoms with Crippen LogP contribution in [0.2, 0.25) is 0 Å². The maximum absolute atomic E-state index is 7.23. The van der Waals surface area contributed by atoms with E-state index < -0.39 is 6.85 Å². The van der Waals surface area contributed by atoms with Crippen LogP contribution in [0.4, 0.5) is 0 Å². The fourth-order valence-electron chi connectivity index (χ4n) is 4.84. The molecule has 0 fully saturated rings. The van der Waals surface area contributed by atoms with E-state index in [0.717, 1.165) is 28.2 Å². The standard InChI is InChI=1S/C26H18N.C12H10N.Ir/c1-18-7-6-12-26(27-18)20-15-13-19(14-16-20)25-17-21-8-2-3-9-22(21)23-10-4-5-11-24(23)25;1-10-7-8-12(13-9-10)11-5-3-2-4-6-11;/h2-15,17H,1H3;2-5,7-9H,1H3;/q2*-1;/i;1D3;. The first-order valence-electron chi connectivity index (χ1n) is 14.7. The molecule has 201 valence electrons. The van der Waals surface area contributed by atoms with Gasteiger partial charge in [-0.15, -0.1) is 65.7 Å². The fraction of sp³-hybridized carbons (Fsp3) is 0.0526. The van der Waals surface area contributed by atoms with Crippen LogP contribution in [0.25, 0.3) is 55.2 Å². The monoisotopic (exact) mass is 708 g/mol. The molecule has 0 spiro atoms. The molecule has 0 atom stereocenters. The average molecular weight is 708 g/mol. The van der Waals surface area contributed by atoms with Gasteiger partial charge in [-0.2, -0.15) is 0 Å². The normalized spacial score (nSPS) is 11.9. The Morgan fingerprint density at radius 3 is 2.15 bits per heavy atom. The summed E-state index contributed by atoms with van der Waals surface area (Å²) in [5.74, 6) is 0. The van der Waals surface area contributed by atoms with Gasteiger partial charge < -0.3 is 9.97 Å². The van der Waals surface area contributed by atoms with Gasteiger partial charge in [-0.3, -0.25) is 0 Å². The van der Waals surface area contributed by atoms with Gasteiger partial charge in [-0.05, 0) is 58.3 Å². The number of hydrogen-bond acceptors (Lipinski definition) is 2. The van der Waals surface area contributed by atoms with Gasteiger partial charge in [0.2, 0.25) is 0 Å². The third-order valence-corrected chi connectivity index (χ3v) is 6.80. The minimum absolute atomic E-state index is 0.